The zero-order chi connectivity index (χ0) is 17.6. The van der Waals surface area contributed by atoms with Crippen molar-refractivity contribution in [2.75, 3.05) is 20.2 Å². The molecule has 1 heterocycles. The van der Waals surface area contributed by atoms with Gasteiger partial charge >= 0.3 is 0 Å². The minimum absolute atomic E-state index is 0. The van der Waals surface area contributed by atoms with Crippen molar-refractivity contribution in [2.45, 2.75) is 50.0 Å². The first-order valence-corrected chi connectivity index (χ1v) is 10.3. The van der Waals surface area contributed by atoms with Crippen LogP contribution in [0.3, 0.4) is 0 Å². The number of halogens is 1. The highest BCUT2D eigenvalue weighted by atomic mass is 35.5. The summed E-state index contributed by atoms with van der Waals surface area (Å²) in [5, 5.41) is 0. The van der Waals surface area contributed by atoms with Gasteiger partial charge in [-0.1, -0.05) is 42.8 Å². The number of hydrogen-bond acceptors (Lipinski definition) is 2. The number of rotatable bonds is 4. The number of likely N-dealkylation sites (tertiary alicyclic amines) is 1. The summed E-state index contributed by atoms with van der Waals surface area (Å²) in [4.78, 5) is 2.82. The lowest BCUT2D eigenvalue weighted by Gasteiger charge is -2.53. The van der Waals surface area contributed by atoms with E-state index in [1.54, 1.807) is 7.11 Å². The third-order valence-corrected chi connectivity index (χ3v) is 7.26. The van der Waals surface area contributed by atoms with Gasteiger partial charge in [0, 0.05) is 18.0 Å². The van der Waals surface area contributed by atoms with Crippen LogP contribution in [0.15, 0.2) is 48.5 Å². The van der Waals surface area contributed by atoms with Crippen LogP contribution in [-0.2, 0) is 11.8 Å². The molecule has 2 aliphatic carbocycles. The summed E-state index contributed by atoms with van der Waals surface area (Å²) in [6, 6.07) is 18.7. The van der Waals surface area contributed by atoms with E-state index in [2.05, 4.69) is 53.4 Å². The maximum absolute atomic E-state index is 5.58. The van der Waals surface area contributed by atoms with Crippen molar-refractivity contribution in [3.8, 4) is 5.75 Å². The summed E-state index contributed by atoms with van der Waals surface area (Å²) in [5.74, 6) is 1.95. The van der Waals surface area contributed by atoms with Crippen molar-refractivity contribution in [2.24, 2.45) is 5.92 Å². The van der Waals surface area contributed by atoms with E-state index in [0.717, 1.165) is 11.7 Å². The van der Waals surface area contributed by atoms with Crippen LogP contribution in [-0.4, -0.2) is 36.6 Å². The highest BCUT2D eigenvalue weighted by Crippen LogP contribution is 2.50. The fourth-order valence-electron chi connectivity index (χ4n) is 5.58. The lowest BCUT2D eigenvalue weighted by molar-refractivity contribution is 0.0644. The van der Waals surface area contributed by atoms with Crippen LogP contribution in [0.5, 0.6) is 5.75 Å². The van der Waals surface area contributed by atoms with Crippen LogP contribution in [0.1, 0.15) is 48.8 Å². The van der Waals surface area contributed by atoms with Crippen LogP contribution in [0, 0.1) is 5.92 Å². The average molecular weight is 402 g/mol. The molecule has 3 aliphatic rings. The number of ether oxygens (including phenoxy) is 1. The molecule has 2 aromatic carbocycles. The summed E-state index contributed by atoms with van der Waals surface area (Å²) in [7, 11) is 1.78. The molecule has 0 amide bonds. The largest absolute Gasteiger partial charge is 0.497 e. The van der Waals surface area contributed by atoms with Gasteiger partial charge in [0.2, 0.25) is 0 Å². The highest BCUT2D eigenvalue weighted by Gasteiger charge is 2.47. The zero-order valence-electron chi connectivity index (χ0n) is 16.7. The second kappa shape index (κ2) is 8.44. The topological polar surface area (TPSA) is 44.0 Å². The Kier molecular flexibility index (Phi) is 6.38. The summed E-state index contributed by atoms with van der Waals surface area (Å²) in [6.45, 7) is 2.55. The summed E-state index contributed by atoms with van der Waals surface area (Å²) >= 11 is 0. The normalized spacial score (nSPS) is 26.2. The van der Waals surface area contributed by atoms with Crippen LogP contribution < -0.4 is 4.74 Å². The molecule has 4 heteroatoms. The number of piperidine rings is 1. The predicted molar refractivity (Wildman–Crippen MR) is 117 cm³/mol. The van der Waals surface area contributed by atoms with E-state index < -0.39 is 0 Å². The lowest BCUT2D eigenvalue weighted by Crippen LogP contribution is -2.55. The molecule has 0 aromatic heterocycles. The number of hydrogen-bond donors (Lipinski definition) is 0. The molecule has 0 radical (unpaired) electrons. The predicted octanol–water partition coefficient (Wildman–Crippen LogP) is 4.40. The van der Waals surface area contributed by atoms with E-state index in [1.807, 2.05) is 0 Å². The Bertz CT molecular complexity index is 792. The van der Waals surface area contributed by atoms with Gasteiger partial charge < -0.3 is 10.2 Å². The maximum atomic E-state index is 5.58. The number of fused-ring (bicyclic) bond motifs is 4. The summed E-state index contributed by atoms with van der Waals surface area (Å²) < 4.78 is 5.58. The third kappa shape index (κ3) is 3.45. The second-order valence-corrected chi connectivity index (χ2v) is 8.58. The van der Waals surface area contributed by atoms with Gasteiger partial charge in [-0.3, -0.25) is 4.90 Å². The van der Waals surface area contributed by atoms with Crippen molar-refractivity contribution < 1.29 is 10.2 Å². The van der Waals surface area contributed by atoms with Gasteiger partial charge in [-0.2, -0.15) is 0 Å². The van der Waals surface area contributed by atoms with E-state index in [9.17, 15) is 0 Å². The minimum Gasteiger partial charge on any atom is -0.497 e. The van der Waals surface area contributed by atoms with E-state index in [-0.39, 0.29) is 23.3 Å². The molecule has 2 aromatic rings. The lowest BCUT2D eigenvalue weighted by atomic mass is 9.60. The van der Waals surface area contributed by atoms with Gasteiger partial charge in [0.25, 0.3) is 0 Å². The summed E-state index contributed by atoms with van der Waals surface area (Å²) in [5.41, 5.74) is 4.69. The molecule has 0 spiro atoms. The highest BCUT2D eigenvalue weighted by molar-refractivity contribution is 5.85. The van der Waals surface area contributed by atoms with Gasteiger partial charge in [-0.25, -0.2) is 0 Å². The number of nitrogens with zero attached hydrogens (tertiary/aromatic N) is 1. The Labute approximate surface area is 174 Å². The standard InChI is InChI=1S/C24H29NO.ClH.H2O/c1-26-22-11-10-19-14-21-16-24(23(19)15-22,20-8-3-2-4-9-20)12-13-25(21)17-18-6-5-7-18;;/h2-4,8-11,15,18,21H,5-7,12-14,16-17H2,1H3;1H;1H2. The van der Waals surface area contributed by atoms with Crippen molar-refractivity contribution >= 4 is 12.4 Å². The molecule has 1 aliphatic heterocycles. The molecule has 2 unspecified atom stereocenters. The molecular weight excluding hydrogens is 370 g/mol. The first kappa shape index (κ1) is 21.2. The van der Waals surface area contributed by atoms with E-state index in [0.29, 0.717) is 6.04 Å². The number of benzene rings is 2. The smallest absolute Gasteiger partial charge is 0.119 e. The monoisotopic (exact) mass is 401 g/mol. The molecule has 2 N–H and O–H groups in total. The first-order valence-electron chi connectivity index (χ1n) is 10.3. The van der Waals surface area contributed by atoms with Gasteiger partial charge in [-0.05, 0) is 73.4 Å². The van der Waals surface area contributed by atoms with E-state index >= 15 is 0 Å². The Morgan fingerprint density at radius 1 is 1.11 bits per heavy atom. The first-order chi connectivity index (χ1) is 12.8. The maximum Gasteiger partial charge on any atom is 0.119 e. The molecule has 2 fully saturated rings. The van der Waals surface area contributed by atoms with Gasteiger partial charge in [0.1, 0.15) is 5.75 Å². The molecule has 2 bridgehead atoms. The Hall–Kier alpha value is -1.55. The second-order valence-electron chi connectivity index (χ2n) is 8.58. The molecular formula is C24H32ClNO2. The van der Waals surface area contributed by atoms with Crippen LogP contribution in [0.4, 0.5) is 0 Å². The third-order valence-electron chi connectivity index (χ3n) is 7.26. The molecule has 1 saturated carbocycles. The Morgan fingerprint density at radius 2 is 1.89 bits per heavy atom. The van der Waals surface area contributed by atoms with Crippen LogP contribution in [0.25, 0.3) is 0 Å². The minimum atomic E-state index is 0. The summed E-state index contributed by atoms with van der Waals surface area (Å²) in [6.07, 6.45) is 8.01. The fourth-order valence-corrected chi connectivity index (χ4v) is 5.58. The fraction of sp³-hybridized carbons (Fsp3) is 0.500. The van der Waals surface area contributed by atoms with Crippen molar-refractivity contribution in [1.29, 1.82) is 0 Å². The molecule has 152 valence electrons. The van der Waals surface area contributed by atoms with Gasteiger partial charge in [-0.15, -0.1) is 12.4 Å². The van der Waals surface area contributed by atoms with Gasteiger partial charge in [0.05, 0.1) is 7.11 Å². The zero-order valence-corrected chi connectivity index (χ0v) is 17.5. The molecule has 2 atom stereocenters. The van der Waals surface area contributed by atoms with Crippen molar-refractivity contribution in [1.82, 2.24) is 4.90 Å². The quantitative estimate of drug-likeness (QED) is 0.762. The van der Waals surface area contributed by atoms with Crippen molar-refractivity contribution in [3.63, 3.8) is 0 Å². The van der Waals surface area contributed by atoms with Crippen LogP contribution in [0.2, 0.25) is 0 Å². The van der Waals surface area contributed by atoms with Crippen molar-refractivity contribution in [3.05, 3.63) is 65.2 Å². The van der Waals surface area contributed by atoms with E-state index in [1.165, 1.54) is 68.3 Å². The van der Waals surface area contributed by atoms with E-state index in [4.69, 9.17) is 4.74 Å². The molecule has 5 rings (SSSR count). The Balaban J connectivity index is 0.00000112. The Morgan fingerprint density at radius 3 is 2.57 bits per heavy atom. The SMILES string of the molecule is COc1ccc2c(c1)C1(c3ccccc3)CCN(CC3CCC3)C(C2)C1.Cl.O. The molecule has 3 nitrogen and oxygen atoms in total. The van der Waals surface area contributed by atoms with Gasteiger partial charge in [0.15, 0.2) is 0 Å². The molecule has 28 heavy (non-hydrogen) atoms. The average Bonchev–Trinajstić information content (AvgIpc) is 2.66. The molecule has 1 saturated heterocycles. The van der Waals surface area contributed by atoms with Crippen LogP contribution >= 0.6 is 12.4 Å². The number of methoxy groups -OCH3 is 1.